The SMILES string of the molecule is NCc1cccc(C(=O)Nc2cccnn2)c1. The number of carbonyl (C=O) groups is 1. The van der Waals surface area contributed by atoms with Crippen LogP contribution in [0.25, 0.3) is 0 Å². The van der Waals surface area contributed by atoms with Gasteiger partial charge in [0.05, 0.1) is 0 Å². The maximum absolute atomic E-state index is 11.9. The predicted octanol–water partition coefficient (Wildman–Crippen LogP) is 1.19. The van der Waals surface area contributed by atoms with Crippen molar-refractivity contribution in [3.05, 3.63) is 53.7 Å². The van der Waals surface area contributed by atoms with Crippen LogP contribution >= 0.6 is 0 Å². The Balaban J connectivity index is 2.14. The Labute approximate surface area is 98.7 Å². The molecule has 0 aliphatic carbocycles. The van der Waals surface area contributed by atoms with Crippen LogP contribution in [0.5, 0.6) is 0 Å². The van der Waals surface area contributed by atoms with Gasteiger partial charge in [-0.3, -0.25) is 4.79 Å². The smallest absolute Gasteiger partial charge is 0.256 e. The second-order valence-corrected chi connectivity index (χ2v) is 3.47. The van der Waals surface area contributed by atoms with E-state index in [0.29, 0.717) is 17.9 Å². The highest BCUT2D eigenvalue weighted by Gasteiger charge is 2.06. The molecule has 0 saturated carbocycles. The van der Waals surface area contributed by atoms with Gasteiger partial charge < -0.3 is 11.1 Å². The first kappa shape index (κ1) is 11.2. The summed E-state index contributed by atoms with van der Waals surface area (Å²) >= 11 is 0. The van der Waals surface area contributed by atoms with E-state index in [1.54, 1.807) is 36.5 Å². The quantitative estimate of drug-likeness (QED) is 0.826. The highest BCUT2D eigenvalue weighted by Crippen LogP contribution is 2.07. The summed E-state index contributed by atoms with van der Waals surface area (Å²) in [6.07, 6.45) is 1.55. The van der Waals surface area contributed by atoms with Gasteiger partial charge in [0.15, 0.2) is 5.82 Å². The highest BCUT2D eigenvalue weighted by atomic mass is 16.1. The number of anilines is 1. The van der Waals surface area contributed by atoms with Crippen molar-refractivity contribution in [1.29, 1.82) is 0 Å². The van der Waals surface area contributed by atoms with Crippen molar-refractivity contribution in [3.63, 3.8) is 0 Å². The summed E-state index contributed by atoms with van der Waals surface area (Å²) in [5.41, 5.74) is 6.99. The summed E-state index contributed by atoms with van der Waals surface area (Å²) in [6.45, 7) is 0.409. The third-order valence-corrected chi connectivity index (χ3v) is 2.24. The van der Waals surface area contributed by atoms with Gasteiger partial charge in [-0.2, -0.15) is 5.10 Å². The molecule has 1 aromatic carbocycles. The van der Waals surface area contributed by atoms with E-state index >= 15 is 0 Å². The van der Waals surface area contributed by atoms with Gasteiger partial charge in [0.2, 0.25) is 0 Å². The van der Waals surface area contributed by atoms with Crippen molar-refractivity contribution in [3.8, 4) is 0 Å². The second-order valence-electron chi connectivity index (χ2n) is 3.47. The molecule has 0 aliphatic heterocycles. The molecule has 0 unspecified atom stereocenters. The lowest BCUT2D eigenvalue weighted by atomic mass is 10.1. The Morgan fingerprint density at radius 1 is 1.29 bits per heavy atom. The second kappa shape index (κ2) is 5.18. The average molecular weight is 228 g/mol. The zero-order valence-electron chi connectivity index (χ0n) is 9.13. The molecule has 17 heavy (non-hydrogen) atoms. The van der Waals surface area contributed by atoms with Gasteiger partial charge in [-0.25, -0.2) is 0 Å². The van der Waals surface area contributed by atoms with Crippen LogP contribution < -0.4 is 11.1 Å². The molecular formula is C12H12N4O. The summed E-state index contributed by atoms with van der Waals surface area (Å²) < 4.78 is 0. The molecule has 1 heterocycles. The first-order valence-corrected chi connectivity index (χ1v) is 5.17. The Hall–Kier alpha value is -2.27. The van der Waals surface area contributed by atoms with Crippen LogP contribution in [0.15, 0.2) is 42.6 Å². The number of nitrogens with one attached hydrogen (secondary N) is 1. The van der Waals surface area contributed by atoms with Gasteiger partial charge in [-0.15, -0.1) is 5.10 Å². The van der Waals surface area contributed by atoms with Crippen LogP contribution in [0.1, 0.15) is 15.9 Å². The van der Waals surface area contributed by atoms with E-state index in [2.05, 4.69) is 15.5 Å². The Morgan fingerprint density at radius 3 is 2.88 bits per heavy atom. The molecule has 0 spiro atoms. The van der Waals surface area contributed by atoms with Gasteiger partial charge in [0.25, 0.3) is 5.91 Å². The number of hydrogen-bond donors (Lipinski definition) is 2. The molecular weight excluding hydrogens is 216 g/mol. The largest absolute Gasteiger partial charge is 0.326 e. The number of aromatic nitrogens is 2. The molecule has 0 fully saturated rings. The normalized spacial score (nSPS) is 9.94. The van der Waals surface area contributed by atoms with E-state index in [1.165, 1.54) is 0 Å². The van der Waals surface area contributed by atoms with Gasteiger partial charge in [0, 0.05) is 18.3 Å². The number of rotatable bonds is 3. The van der Waals surface area contributed by atoms with Crippen molar-refractivity contribution in [1.82, 2.24) is 10.2 Å². The third-order valence-electron chi connectivity index (χ3n) is 2.24. The molecule has 1 aromatic heterocycles. The van der Waals surface area contributed by atoms with Crippen molar-refractivity contribution in [2.24, 2.45) is 5.73 Å². The van der Waals surface area contributed by atoms with Crippen LogP contribution in [-0.4, -0.2) is 16.1 Å². The minimum Gasteiger partial charge on any atom is -0.326 e. The molecule has 0 aliphatic rings. The van der Waals surface area contributed by atoms with Crippen LogP contribution in [-0.2, 0) is 6.54 Å². The van der Waals surface area contributed by atoms with Gasteiger partial charge in [-0.05, 0) is 29.8 Å². The number of hydrogen-bond acceptors (Lipinski definition) is 4. The molecule has 2 rings (SSSR count). The monoisotopic (exact) mass is 228 g/mol. The number of benzene rings is 1. The van der Waals surface area contributed by atoms with E-state index < -0.39 is 0 Å². The average Bonchev–Trinajstić information content (AvgIpc) is 2.40. The summed E-state index contributed by atoms with van der Waals surface area (Å²) in [7, 11) is 0. The molecule has 1 amide bonds. The minimum absolute atomic E-state index is 0.221. The maximum atomic E-state index is 11.9. The first-order chi connectivity index (χ1) is 8.29. The molecule has 5 heteroatoms. The predicted molar refractivity (Wildman–Crippen MR) is 64.3 cm³/mol. The number of nitrogens with two attached hydrogens (primary N) is 1. The van der Waals surface area contributed by atoms with E-state index in [1.807, 2.05) is 6.07 Å². The van der Waals surface area contributed by atoms with Crippen LogP contribution in [0.2, 0.25) is 0 Å². The van der Waals surface area contributed by atoms with E-state index in [9.17, 15) is 4.79 Å². The van der Waals surface area contributed by atoms with Crippen LogP contribution in [0.3, 0.4) is 0 Å². The number of amides is 1. The molecule has 0 saturated heterocycles. The molecule has 86 valence electrons. The van der Waals surface area contributed by atoms with Crippen LogP contribution in [0.4, 0.5) is 5.82 Å². The van der Waals surface area contributed by atoms with Gasteiger partial charge in [-0.1, -0.05) is 12.1 Å². The Bertz CT molecular complexity index is 513. The fraction of sp³-hybridized carbons (Fsp3) is 0.0833. The zero-order chi connectivity index (χ0) is 12.1. The van der Waals surface area contributed by atoms with Gasteiger partial charge in [0.1, 0.15) is 0 Å². The number of carbonyl (C=O) groups excluding carboxylic acids is 1. The third kappa shape index (κ3) is 2.85. The summed E-state index contributed by atoms with van der Waals surface area (Å²) in [5.74, 6) is 0.205. The molecule has 5 nitrogen and oxygen atoms in total. The summed E-state index contributed by atoms with van der Waals surface area (Å²) in [5, 5.41) is 10.1. The lowest BCUT2D eigenvalue weighted by molar-refractivity contribution is 0.102. The number of nitrogens with zero attached hydrogens (tertiary/aromatic N) is 2. The van der Waals surface area contributed by atoms with E-state index in [4.69, 9.17) is 5.73 Å². The Kier molecular flexibility index (Phi) is 3.42. The summed E-state index contributed by atoms with van der Waals surface area (Å²) in [6, 6.07) is 10.5. The molecule has 2 aromatic rings. The maximum Gasteiger partial charge on any atom is 0.256 e. The first-order valence-electron chi connectivity index (χ1n) is 5.17. The zero-order valence-corrected chi connectivity index (χ0v) is 9.13. The fourth-order valence-corrected chi connectivity index (χ4v) is 1.40. The van der Waals surface area contributed by atoms with Crippen molar-refractivity contribution in [2.75, 3.05) is 5.32 Å². The van der Waals surface area contributed by atoms with Crippen molar-refractivity contribution in [2.45, 2.75) is 6.54 Å². The van der Waals surface area contributed by atoms with Crippen molar-refractivity contribution < 1.29 is 4.79 Å². The van der Waals surface area contributed by atoms with E-state index in [0.717, 1.165) is 5.56 Å². The fourth-order valence-electron chi connectivity index (χ4n) is 1.40. The Morgan fingerprint density at radius 2 is 2.18 bits per heavy atom. The molecule has 0 atom stereocenters. The van der Waals surface area contributed by atoms with Gasteiger partial charge >= 0.3 is 0 Å². The molecule has 0 bridgehead atoms. The lowest BCUT2D eigenvalue weighted by Gasteiger charge is -2.04. The topological polar surface area (TPSA) is 80.9 Å². The standard InChI is InChI=1S/C12H12N4O/c13-8-9-3-1-4-10(7-9)12(17)15-11-5-2-6-14-16-11/h1-7H,8,13H2,(H,15,16,17). The lowest BCUT2D eigenvalue weighted by Crippen LogP contribution is -2.13. The highest BCUT2D eigenvalue weighted by molar-refractivity contribution is 6.03. The minimum atomic E-state index is -0.221. The van der Waals surface area contributed by atoms with Crippen LogP contribution in [0, 0.1) is 0 Å². The van der Waals surface area contributed by atoms with Crippen molar-refractivity contribution >= 4 is 11.7 Å². The van der Waals surface area contributed by atoms with E-state index in [-0.39, 0.29) is 5.91 Å². The molecule has 3 N–H and O–H groups in total. The molecule has 0 radical (unpaired) electrons. The summed E-state index contributed by atoms with van der Waals surface area (Å²) in [4.78, 5) is 11.9.